The number of carbonyl (C=O) groups is 1. The number of hydrogen-bond donors (Lipinski definition) is 0. The van der Waals surface area contributed by atoms with Crippen molar-refractivity contribution in [1.82, 2.24) is 9.80 Å². The molecule has 1 aromatic carbocycles. The first kappa shape index (κ1) is 17.9. The molecular formula is C19H28N2O4. The van der Waals surface area contributed by atoms with Crippen molar-refractivity contribution >= 4 is 5.91 Å². The van der Waals surface area contributed by atoms with Crippen LogP contribution in [0.15, 0.2) is 12.1 Å². The van der Waals surface area contributed by atoms with Crippen LogP contribution in [0.1, 0.15) is 24.8 Å². The van der Waals surface area contributed by atoms with Gasteiger partial charge in [-0.25, -0.2) is 0 Å². The lowest BCUT2D eigenvalue weighted by Crippen LogP contribution is -2.50. The normalized spacial score (nSPS) is 18.6. The second-order valence-electron chi connectivity index (χ2n) is 6.72. The van der Waals surface area contributed by atoms with Gasteiger partial charge in [0.2, 0.25) is 11.7 Å². The summed E-state index contributed by atoms with van der Waals surface area (Å²) in [6.07, 6.45) is 3.35. The lowest BCUT2D eigenvalue weighted by molar-refractivity contribution is -0.140. The summed E-state index contributed by atoms with van der Waals surface area (Å²) in [6.45, 7) is 4.16. The molecule has 1 aliphatic heterocycles. The summed E-state index contributed by atoms with van der Waals surface area (Å²) in [5, 5.41) is 0. The fourth-order valence-corrected chi connectivity index (χ4v) is 3.57. The maximum atomic E-state index is 12.4. The van der Waals surface area contributed by atoms with E-state index < -0.39 is 0 Å². The van der Waals surface area contributed by atoms with Crippen LogP contribution in [-0.2, 0) is 11.3 Å². The fourth-order valence-electron chi connectivity index (χ4n) is 3.57. The van der Waals surface area contributed by atoms with E-state index in [-0.39, 0.29) is 5.92 Å². The second-order valence-corrected chi connectivity index (χ2v) is 6.72. The highest BCUT2D eigenvalue weighted by atomic mass is 16.5. The van der Waals surface area contributed by atoms with Crippen molar-refractivity contribution in [1.29, 1.82) is 0 Å². The van der Waals surface area contributed by atoms with Gasteiger partial charge in [0, 0.05) is 44.2 Å². The maximum Gasteiger partial charge on any atom is 0.225 e. The summed E-state index contributed by atoms with van der Waals surface area (Å²) >= 11 is 0. The molecule has 3 rings (SSSR count). The molecule has 0 N–H and O–H groups in total. The Kier molecular flexibility index (Phi) is 5.68. The molecule has 0 atom stereocenters. The van der Waals surface area contributed by atoms with Crippen LogP contribution in [0.3, 0.4) is 0 Å². The van der Waals surface area contributed by atoms with Crippen molar-refractivity contribution < 1.29 is 19.0 Å². The zero-order valence-electron chi connectivity index (χ0n) is 15.4. The molecule has 1 saturated heterocycles. The Balaban J connectivity index is 1.62. The van der Waals surface area contributed by atoms with Gasteiger partial charge >= 0.3 is 0 Å². The van der Waals surface area contributed by atoms with Gasteiger partial charge in [0.25, 0.3) is 0 Å². The Bertz CT molecular complexity index is 608. The maximum absolute atomic E-state index is 12.4. The third kappa shape index (κ3) is 3.68. The van der Waals surface area contributed by atoms with E-state index in [1.165, 1.54) is 6.42 Å². The van der Waals surface area contributed by atoms with E-state index in [1.54, 1.807) is 21.3 Å². The minimum Gasteiger partial charge on any atom is -0.493 e. The van der Waals surface area contributed by atoms with Gasteiger partial charge in [-0.05, 0) is 18.9 Å². The number of carbonyl (C=O) groups excluding carboxylic acids is 1. The SMILES string of the molecule is COc1ccc(CN2CCN(C(=O)C3CCC3)CC2)c(OC)c1OC. The van der Waals surface area contributed by atoms with Gasteiger partial charge in [0.05, 0.1) is 21.3 Å². The van der Waals surface area contributed by atoms with Crippen molar-refractivity contribution in [3.63, 3.8) is 0 Å². The third-order valence-electron chi connectivity index (χ3n) is 5.32. The molecule has 1 amide bonds. The number of piperazine rings is 1. The highest BCUT2D eigenvalue weighted by Gasteiger charge is 2.31. The number of nitrogens with zero attached hydrogens (tertiary/aromatic N) is 2. The number of methoxy groups -OCH3 is 3. The number of ether oxygens (including phenoxy) is 3. The molecule has 6 nitrogen and oxygen atoms in total. The van der Waals surface area contributed by atoms with Crippen LogP contribution in [0.2, 0.25) is 0 Å². The Morgan fingerprint density at radius 3 is 2.20 bits per heavy atom. The highest BCUT2D eigenvalue weighted by Crippen LogP contribution is 2.40. The van der Waals surface area contributed by atoms with Crippen LogP contribution in [-0.4, -0.2) is 63.2 Å². The van der Waals surface area contributed by atoms with E-state index in [0.717, 1.165) is 56.9 Å². The predicted molar refractivity (Wildman–Crippen MR) is 95.3 cm³/mol. The van der Waals surface area contributed by atoms with Crippen molar-refractivity contribution in [3.8, 4) is 17.2 Å². The quantitative estimate of drug-likeness (QED) is 0.788. The van der Waals surface area contributed by atoms with Gasteiger partial charge < -0.3 is 19.1 Å². The Morgan fingerprint density at radius 1 is 1.00 bits per heavy atom. The van der Waals surface area contributed by atoms with Crippen LogP contribution >= 0.6 is 0 Å². The van der Waals surface area contributed by atoms with E-state index >= 15 is 0 Å². The van der Waals surface area contributed by atoms with Crippen LogP contribution in [0.5, 0.6) is 17.2 Å². The topological polar surface area (TPSA) is 51.2 Å². The Morgan fingerprint density at radius 2 is 1.68 bits per heavy atom. The predicted octanol–water partition coefficient (Wildman–Crippen LogP) is 2.16. The van der Waals surface area contributed by atoms with E-state index in [0.29, 0.717) is 17.4 Å². The molecule has 1 aromatic rings. The zero-order chi connectivity index (χ0) is 17.8. The highest BCUT2D eigenvalue weighted by molar-refractivity contribution is 5.79. The largest absolute Gasteiger partial charge is 0.493 e. The van der Waals surface area contributed by atoms with Gasteiger partial charge in [-0.2, -0.15) is 0 Å². The van der Waals surface area contributed by atoms with Crippen LogP contribution < -0.4 is 14.2 Å². The monoisotopic (exact) mass is 348 g/mol. The molecule has 0 radical (unpaired) electrons. The molecule has 0 unspecified atom stereocenters. The molecule has 1 heterocycles. The minimum absolute atomic E-state index is 0.289. The minimum atomic E-state index is 0.289. The van der Waals surface area contributed by atoms with Crippen molar-refractivity contribution in [2.45, 2.75) is 25.8 Å². The van der Waals surface area contributed by atoms with Crippen molar-refractivity contribution in [3.05, 3.63) is 17.7 Å². The van der Waals surface area contributed by atoms with Gasteiger partial charge in [0.1, 0.15) is 0 Å². The van der Waals surface area contributed by atoms with Gasteiger partial charge in [-0.1, -0.05) is 12.5 Å². The Hall–Kier alpha value is -1.95. The molecule has 0 bridgehead atoms. The summed E-state index contributed by atoms with van der Waals surface area (Å²) in [5.41, 5.74) is 1.07. The smallest absolute Gasteiger partial charge is 0.225 e. The van der Waals surface area contributed by atoms with Crippen molar-refractivity contribution in [2.24, 2.45) is 5.92 Å². The van der Waals surface area contributed by atoms with E-state index in [4.69, 9.17) is 14.2 Å². The molecule has 138 valence electrons. The number of benzene rings is 1. The number of hydrogen-bond acceptors (Lipinski definition) is 5. The lowest BCUT2D eigenvalue weighted by atomic mass is 9.84. The summed E-state index contributed by atoms with van der Waals surface area (Å²) in [7, 11) is 4.89. The van der Waals surface area contributed by atoms with E-state index in [1.807, 2.05) is 17.0 Å². The van der Waals surface area contributed by atoms with Crippen LogP contribution in [0.4, 0.5) is 0 Å². The molecule has 2 fully saturated rings. The van der Waals surface area contributed by atoms with Crippen LogP contribution in [0, 0.1) is 5.92 Å². The first-order valence-electron chi connectivity index (χ1n) is 8.97. The molecular weight excluding hydrogens is 320 g/mol. The first-order valence-corrected chi connectivity index (χ1v) is 8.97. The molecule has 2 aliphatic rings. The van der Waals surface area contributed by atoms with Crippen molar-refractivity contribution in [2.75, 3.05) is 47.5 Å². The summed E-state index contributed by atoms with van der Waals surface area (Å²) < 4.78 is 16.4. The average molecular weight is 348 g/mol. The molecule has 1 saturated carbocycles. The van der Waals surface area contributed by atoms with Gasteiger partial charge in [0.15, 0.2) is 11.5 Å². The molecule has 1 aliphatic carbocycles. The van der Waals surface area contributed by atoms with Crippen LogP contribution in [0.25, 0.3) is 0 Å². The van der Waals surface area contributed by atoms with Gasteiger partial charge in [-0.15, -0.1) is 0 Å². The molecule has 0 aromatic heterocycles. The zero-order valence-corrected chi connectivity index (χ0v) is 15.4. The Labute approximate surface area is 149 Å². The number of rotatable bonds is 6. The van der Waals surface area contributed by atoms with E-state index in [2.05, 4.69) is 4.90 Å². The van der Waals surface area contributed by atoms with Gasteiger partial charge in [-0.3, -0.25) is 9.69 Å². The summed E-state index contributed by atoms with van der Waals surface area (Å²) in [4.78, 5) is 16.7. The molecule has 0 spiro atoms. The first-order chi connectivity index (χ1) is 12.2. The van der Waals surface area contributed by atoms with E-state index in [9.17, 15) is 4.79 Å². The average Bonchev–Trinajstić information content (AvgIpc) is 2.60. The fraction of sp³-hybridized carbons (Fsp3) is 0.632. The number of amides is 1. The molecule has 6 heteroatoms. The summed E-state index contributed by atoms with van der Waals surface area (Å²) in [5.74, 6) is 2.65. The second kappa shape index (κ2) is 7.95. The summed E-state index contributed by atoms with van der Waals surface area (Å²) in [6, 6.07) is 3.93. The third-order valence-corrected chi connectivity index (χ3v) is 5.32. The molecule has 25 heavy (non-hydrogen) atoms. The lowest BCUT2D eigenvalue weighted by Gasteiger charge is -2.38. The standard InChI is InChI=1S/C19H28N2O4/c1-23-16-8-7-15(17(24-2)18(16)25-3)13-20-9-11-21(12-10-20)19(22)14-5-4-6-14/h7-8,14H,4-6,9-13H2,1-3H3.